The van der Waals surface area contributed by atoms with Gasteiger partial charge in [-0.15, -0.1) is 11.8 Å². The van der Waals surface area contributed by atoms with Crippen molar-refractivity contribution in [3.63, 3.8) is 0 Å². The van der Waals surface area contributed by atoms with Gasteiger partial charge in [-0.1, -0.05) is 32.0 Å². The number of anilines is 1. The Kier molecular flexibility index (Phi) is 5.55. The fourth-order valence-electron chi connectivity index (χ4n) is 2.02. The lowest BCUT2D eigenvalue weighted by atomic mass is 10.0. The molecule has 2 rings (SSSR count). The maximum absolute atomic E-state index is 13.1. The Labute approximate surface area is 132 Å². The van der Waals surface area contributed by atoms with Gasteiger partial charge in [0.15, 0.2) is 11.6 Å². The van der Waals surface area contributed by atoms with Crippen LogP contribution >= 0.6 is 11.8 Å². The van der Waals surface area contributed by atoms with Crippen LogP contribution in [0.1, 0.15) is 25.3 Å². The van der Waals surface area contributed by atoms with Gasteiger partial charge in [-0.05, 0) is 35.7 Å². The fourth-order valence-corrected chi connectivity index (χ4v) is 2.74. The molecule has 2 aromatic rings. The Morgan fingerprint density at radius 3 is 2.55 bits per heavy atom. The highest BCUT2D eigenvalue weighted by molar-refractivity contribution is 8.00. The summed E-state index contributed by atoms with van der Waals surface area (Å²) >= 11 is 1.17. The summed E-state index contributed by atoms with van der Waals surface area (Å²) in [4.78, 5) is 12.5. The highest BCUT2D eigenvalue weighted by Crippen LogP contribution is 2.25. The van der Waals surface area contributed by atoms with Gasteiger partial charge in [0.2, 0.25) is 5.91 Å². The minimum absolute atomic E-state index is 0.136. The second-order valence-electron chi connectivity index (χ2n) is 5.15. The van der Waals surface area contributed by atoms with Crippen LogP contribution in [-0.2, 0) is 4.79 Å². The molecule has 0 fully saturated rings. The molecule has 2 aromatic carbocycles. The predicted molar refractivity (Wildman–Crippen MR) is 86.2 cm³/mol. The molecular weight excluding hydrogens is 304 g/mol. The zero-order valence-electron chi connectivity index (χ0n) is 12.4. The van der Waals surface area contributed by atoms with Gasteiger partial charge in [0.25, 0.3) is 0 Å². The van der Waals surface area contributed by atoms with Gasteiger partial charge < -0.3 is 5.32 Å². The first kappa shape index (κ1) is 16.5. The molecule has 5 heteroatoms. The molecule has 0 saturated heterocycles. The average Bonchev–Trinajstić information content (AvgIpc) is 2.49. The number of amides is 1. The standard InChI is InChI=1S/C17H17F2NOS/c1-11(2)13-5-3-4-6-16(13)20-17(21)10-22-12-7-8-14(18)15(19)9-12/h3-9,11H,10H2,1-2H3,(H,20,21). The molecule has 116 valence electrons. The van der Waals surface area contributed by atoms with Gasteiger partial charge in [0.05, 0.1) is 5.75 Å². The lowest BCUT2D eigenvalue weighted by Crippen LogP contribution is -2.15. The van der Waals surface area contributed by atoms with E-state index in [4.69, 9.17) is 0 Å². The number of para-hydroxylation sites is 1. The number of rotatable bonds is 5. The van der Waals surface area contributed by atoms with Gasteiger partial charge in [0, 0.05) is 10.6 Å². The van der Waals surface area contributed by atoms with Gasteiger partial charge >= 0.3 is 0 Å². The number of nitrogens with one attached hydrogen (secondary N) is 1. The molecule has 0 bridgehead atoms. The zero-order valence-corrected chi connectivity index (χ0v) is 13.2. The summed E-state index contributed by atoms with van der Waals surface area (Å²) < 4.78 is 25.9. The second kappa shape index (κ2) is 7.40. The van der Waals surface area contributed by atoms with Gasteiger partial charge in [-0.3, -0.25) is 4.79 Å². The van der Waals surface area contributed by atoms with Crippen molar-refractivity contribution in [2.75, 3.05) is 11.1 Å². The van der Waals surface area contributed by atoms with E-state index in [1.807, 2.05) is 24.3 Å². The van der Waals surface area contributed by atoms with Gasteiger partial charge in [0.1, 0.15) is 0 Å². The first-order valence-electron chi connectivity index (χ1n) is 6.94. The molecule has 0 aliphatic carbocycles. The summed E-state index contributed by atoms with van der Waals surface area (Å²) in [6.07, 6.45) is 0. The van der Waals surface area contributed by atoms with Crippen molar-refractivity contribution in [2.24, 2.45) is 0 Å². The van der Waals surface area contributed by atoms with Crippen molar-refractivity contribution >= 4 is 23.4 Å². The van der Waals surface area contributed by atoms with Crippen molar-refractivity contribution in [1.82, 2.24) is 0 Å². The molecule has 0 spiro atoms. The quantitative estimate of drug-likeness (QED) is 0.800. The summed E-state index contributed by atoms with van der Waals surface area (Å²) in [5.74, 6) is -1.54. The molecule has 0 heterocycles. The molecule has 0 aliphatic rings. The van der Waals surface area contributed by atoms with E-state index in [0.717, 1.165) is 23.4 Å². The minimum atomic E-state index is -0.907. The van der Waals surface area contributed by atoms with Crippen molar-refractivity contribution in [2.45, 2.75) is 24.7 Å². The first-order valence-corrected chi connectivity index (χ1v) is 7.92. The summed E-state index contributed by atoms with van der Waals surface area (Å²) in [5, 5.41) is 2.86. The van der Waals surface area contributed by atoms with Crippen LogP contribution in [0.25, 0.3) is 0 Å². The van der Waals surface area contributed by atoms with Crippen LogP contribution in [0.3, 0.4) is 0 Å². The summed E-state index contributed by atoms with van der Waals surface area (Å²) in [6.45, 7) is 4.11. The monoisotopic (exact) mass is 321 g/mol. The molecular formula is C17H17F2NOS. The molecule has 22 heavy (non-hydrogen) atoms. The highest BCUT2D eigenvalue weighted by Gasteiger charge is 2.10. The zero-order chi connectivity index (χ0) is 16.1. The molecule has 0 unspecified atom stereocenters. The van der Waals surface area contributed by atoms with E-state index in [1.165, 1.54) is 17.8 Å². The third kappa shape index (κ3) is 4.31. The van der Waals surface area contributed by atoms with E-state index in [2.05, 4.69) is 19.2 Å². The Hall–Kier alpha value is -1.88. The smallest absolute Gasteiger partial charge is 0.234 e. The Balaban J connectivity index is 1.97. The number of halogens is 2. The molecule has 1 N–H and O–H groups in total. The van der Waals surface area contributed by atoms with Gasteiger partial charge in [-0.25, -0.2) is 8.78 Å². The summed E-state index contributed by atoms with van der Waals surface area (Å²) in [7, 11) is 0. The number of benzene rings is 2. The number of hydrogen-bond donors (Lipinski definition) is 1. The molecule has 1 amide bonds. The number of hydrogen-bond acceptors (Lipinski definition) is 2. The molecule has 2 nitrogen and oxygen atoms in total. The highest BCUT2D eigenvalue weighted by atomic mass is 32.2. The van der Waals surface area contributed by atoms with Crippen molar-refractivity contribution < 1.29 is 13.6 Å². The molecule has 0 radical (unpaired) electrons. The van der Waals surface area contributed by atoms with Crippen molar-refractivity contribution in [3.8, 4) is 0 Å². The van der Waals surface area contributed by atoms with E-state index in [0.29, 0.717) is 10.8 Å². The van der Waals surface area contributed by atoms with Gasteiger partial charge in [-0.2, -0.15) is 0 Å². The molecule has 0 aromatic heterocycles. The van der Waals surface area contributed by atoms with Crippen LogP contribution < -0.4 is 5.32 Å². The largest absolute Gasteiger partial charge is 0.325 e. The Morgan fingerprint density at radius 1 is 1.14 bits per heavy atom. The minimum Gasteiger partial charge on any atom is -0.325 e. The molecule has 0 saturated carbocycles. The summed E-state index contributed by atoms with van der Waals surface area (Å²) in [5.41, 5.74) is 1.85. The van der Waals surface area contributed by atoms with E-state index >= 15 is 0 Å². The van der Waals surface area contributed by atoms with Crippen LogP contribution in [-0.4, -0.2) is 11.7 Å². The predicted octanol–water partition coefficient (Wildman–Crippen LogP) is 4.82. The lowest BCUT2D eigenvalue weighted by Gasteiger charge is -2.13. The Morgan fingerprint density at radius 2 is 1.86 bits per heavy atom. The third-order valence-electron chi connectivity index (χ3n) is 3.12. The van der Waals surface area contributed by atoms with Crippen LogP contribution in [0.15, 0.2) is 47.4 Å². The summed E-state index contributed by atoms with van der Waals surface area (Å²) in [6, 6.07) is 11.2. The number of carbonyl (C=O) groups excluding carboxylic acids is 1. The Bertz CT molecular complexity index is 673. The fraction of sp³-hybridized carbons (Fsp3) is 0.235. The topological polar surface area (TPSA) is 29.1 Å². The maximum Gasteiger partial charge on any atom is 0.234 e. The number of thioether (sulfide) groups is 1. The maximum atomic E-state index is 13.1. The van der Waals surface area contributed by atoms with Crippen LogP contribution in [0.2, 0.25) is 0 Å². The number of carbonyl (C=O) groups is 1. The van der Waals surface area contributed by atoms with Crippen LogP contribution in [0.5, 0.6) is 0 Å². The van der Waals surface area contributed by atoms with Crippen molar-refractivity contribution in [3.05, 3.63) is 59.7 Å². The second-order valence-corrected chi connectivity index (χ2v) is 6.20. The van der Waals surface area contributed by atoms with E-state index in [1.54, 1.807) is 0 Å². The first-order chi connectivity index (χ1) is 10.5. The van der Waals surface area contributed by atoms with Crippen LogP contribution in [0.4, 0.5) is 14.5 Å². The van der Waals surface area contributed by atoms with E-state index in [-0.39, 0.29) is 11.7 Å². The SMILES string of the molecule is CC(C)c1ccccc1NC(=O)CSc1ccc(F)c(F)c1. The van der Waals surface area contributed by atoms with E-state index in [9.17, 15) is 13.6 Å². The molecule has 0 atom stereocenters. The average molecular weight is 321 g/mol. The lowest BCUT2D eigenvalue weighted by molar-refractivity contribution is -0.113. The third-order valence-corrected chi connectivity index (χ3v) is 4.11. The van der Waals surface area contributed by atoms with E-state index < -0.39 is 11.6 Å². The van der Waals surface area contributed by atoms with Crippen molar-refractivity contribution in [1.29, 1.82) is 0 Å². The molecule has 0 aliphatic heterocycles. The van der Waals surface area contributed by atoms with Crippen LogP contribution in [0, 0.1) is 11.6 Å². The normalized spacial score (nSPS) is 10.8.